The maximum atomic E-state index is 12.7. The number of carbonyl (C=O) groups is 3. The molecular weight excluding hydrogens is 308 g/mol. The van der Waals surface area contributed by atoms with Crippen LogP contribution in [0.3, 0.4) is 0 Å². The van der Waals surface area contributed by atoms with Gasteiger partial charge in [-0.1, -0.05) is 34.6 Å². The fraction of sp³-hybridized carbons (Fsp3) is 0.824. The first kappa shape index (κ1) is 20.3. The summed E-state index contributed by atoms with van der Waals surface area (Å²) < 4.78 is 0. The number of nitrogens with one attached hydrogen (secondary N) is 3. The molecule has 0 saturated carbocycles. The van der Waals surface area contributed by atoms with Crippen LogP contribution in [0.15, 0.2) is 0 Å². The lowest BCUT2D eigenvalue weighted by Crippen LogP contribution is -2.56. The Morgan fingerprint density at radius 1 is 1.17 bits per heavy atom. The molecule has 3 N–H and O–H groups in total. The van der Waals surface area contributed by atoms with Gasteiger partial charge in [0, 0.05) is 19.0 Å². The molecule has 2 atom stereocenters. The van der Waals surface area contributed by atoms with Crippen molar-refractivity contribution >= 4 is 17.8 Å². The molecule has 0 unspecified atom stereocenters. The van der Waals surface area contributed by atoms with Gasteiger partial charge in [0.15, 0.2) is 0 Å². The maximum Gasteiger partial charge on any atom is 0.316 e. The quantitative estimate of drug-likeness (QED) is 0.662. The van der Waals surface area contributed by atoms with Gasteiger partial charge in [-0.15, -0.1) is 0 Å². The molecule has 7 nitrogen and oxygen atoms in total. The van der Waals surface area contributed by atoms with Crippen molar-refractivity contribution in [3.8, 4) is 0 Å². The third-order valence-electron chi connectivity index (χ3n) is 4.01. The van der Waals surface area contributed by atoms with E-state index in [0.717, 1.165) is 6.42 Å². The second-order valence-electron chi connectivity index (χ2n) is 7.82. The normalized spacial score (nSPS) is 19.1. The average Bonchev–Trinajstić information content (AvgIpc) is 2.93. The molecule has 0 aliphatic carbocycles. The molecule has 1 fully saturated rings. The fourth-order valence-corrected chi connectivity index (χ4v) is 2.84. The molecule has 4 amide bonds. The Kier molecular flexibility index (Phi) is 7.05. The van der Waals surface area contributed by atoms with E-state index in [0.29, 0.717) is 25.3 Å². The zero-order chi connectivity index (χ0) is 18.5. The van der Waals surface area contributed by atoms with E-state index < -0.39 is 17.6 Å². The van der Waals surface area contributed by atoms with Crippen LogP contribution in [0.2, 0.25) is 0 Å². The van der Waals surface area contributed by atoms with Crippen LogP contribution < -0.4 is 16.0 Å². The minimum absolute atomic E-state index is 0.0141. The molecule has 1 aliphatic heterocycles. The summed E-state index contributed by atoms with van der Waals surface area (Å²) in [6.45, 7) is 10.2. The maximum absolute atomic E-state index is 12.7. The monoisotopic (exact) mass is 340 g/mol. The Balaban J connectivity index is 2.78. The minimum Gasteiger partial charge on any atom is -0.341 e. The third-order valence-corrected chi connectivity index (χ3v) is 4.01. The van der Waals surface area contributed by atoms with Gasteiger partial charge in [-0.25, -0.2) is 4.79 Å². The van der Waals surface area contributed by atoms with Crippen LogP contribution >= 0.6 is 0 Å². The molecule has 0 aromatic carbocycles. The van der Waals surface area contributed by atoms with Crippen molar-refractivity contribution in [2.75, 3.05) is 13.6 Å². The molecule has 1 aliphatic rings. The predicted molar refractivity (Wildman–Crippen MR) is 93.2 cm³/mol. The first-order valence-electron chi connectivity index (χ1n) is 8.66. The summed E-state index contributed by atoms with van der Waals surface area (Å²) >= 11 is 0. The van der Waals surface area contributed by atoms with Gasteiger partial charge in [0.25, 0.3) is 0 Å². The van der Waals surface area contributed by atoms with Crippen molar-refractivity contribution in [2.24, 2.45) is 11.3 Å². The predicted octanol–water partition coefficient (Wildman–Crippen LogP) is 1.44. The molecule has 0 radical (unpaired) electrons. The SMILES string of the molecule is CNC(=O)N[C@H](CC(C)C)NC(=O)[C@@H]1CCCN1C(=O)C(C)(C)C. The van der Waals surface area contributed by atoms with E-state index in [2.05, 4.69) is 16.0 Å². The van der Waals surface area contributed by atoms with E-state index in [1.54, 1.807) is 4.90 Å². The van der Waals surface area contributed by atoms with Crippen LogP contribution in [-0.2, 0) is 9.59 Å². The number of hydrogen-bond donors (Lipinski definition) is 3. The van der Waals surface area contributed by atoms with Gasteiger partial charge in [-0.05, 0) is 25.2 Å². The number of urea groups is 1. The lowest BCUT2D eigenvalue weighted by molar-refractivity contribution is -0.144. The van der Waals surface area contributed by atoms with Crippen LogP contribution in [0.4, 0.5) is 4.79 Å². The van der Waals surface area contributed by atoms with Crippen LogP contribution in [0, 0.1) is 11.3 Å². The van der Waals surface area contributed by atoms with Crippen molar-refractivity contribution in [1.82, 2.24) is 20.9 Å². The molecule has 138 valence electrons. The number of amides is 4. The topological polar surface area (TPSA) is 90.5 Å². The van der Waals surface area contributed by atoms with Gasteiger partial charge in [0.05, 0.1) is 0 Å². The Bertz CT molecular complexity index is 471. The first-order chi connectivity index (χ1) is 11.1. The van der Waals surface area contributed by atoms with E-state index >= 15 is 0 Å². The molecule has 24 heavy (non-hydrogen) atoms. The minimum atomic E-state index is -0.513. The molecule has 0 aromatic rings. The molecule has 1 rings (SSSR count). The molecule has 7 heteroatoms. The smallest absolute Gasteiger partial charge is 0.316 e. The number of hydrogen-bond acceptors (Lipinski definition) is 3. The van der Waals surface area contributed by atoms with Crippen molar-refractivity contribution in [2.45, 2.75) is 66.1 Å². The van der Waals surface area contributed by atoms with Gasteiger partial charge in [-0.2, -0.15) is 0 Å². The highest BCUT2D eigenvalue weighted by molar-refractivity contribution is 5.90. The summed E-state index contributed by atoms with van der Waals surface area (Å²) in [5.41, 5.74) is -0.513. The van der Waals surface area contributed by atoms with Crippen LogP contribution in [0.25, 0.3) is 0 Å². The average molecular weight is 340 g/mol. The highest BCUT2D eigenvalue weighted by Crippen LogP contribution is 2.25. The van der Waals surface area contributed by atoms with Crippen molar-refractivity contribution in [1.29, 1.82) is 0 Å². The van der Waals surface area contributed by atoms with Crippen molar-refractivity contribution in [3.63, 3.8) is 0 Å². The molecule has 0 bridgehead atoms. The third kappa shape index (κ3) is 5.69. The summed E-state index contributed by atoms with van der Waals surface area (Å²) in [5, 5.41) is 8.12. The van der Waals surface area contributed by atoms with Crippen molar-refractivity contribution < 1.29 is 14.4 Å². The Hall–Kier alpha value is -1.79. The van der Waals surface area contributed by atoms with E-state index in [-0.39, 0.29) is 17.8 Å². The first-order valence-corrected chi connectivity index (χ1v) is 8.66. The van der Waals surface area contributed by atoms with Crippen LogP contribution in [0.5, 0.6) is 0 Å². The Labute approximate surface area is 144 Å². The second kappa shape index (κ2) is 8.35. The zero-order valence-corrected chi connectivity index (χ0v) is 15.7. The molecule has 0 aromatic heterocycles. The fourth-order valence-electron chi connectivity index (χ4n) is 2.84. The lowest BCUT2D eigenvalue weighted by Gasteiger charge is -2.31. The van der Waals surface area contributed by atoms with Gasteiger partial charge >= 0.3 is 6.03 Å². The summed E-state index contributed by atoms with van der Waals surface area (Å²) in [7, 11) is 1.53. The molecule has 1 saturated heterocycles. The summed E-state index contributed by atoms with van der Waals surface area (Å²) in [5.74, 6) is 0.0929. The van der Waals surface area contributed by atoms with Gasteiger partial charge in [0.1, 0.15) is 12.2 Å². The van der Waals surface area contributed by atoms with Crippen LogP contribution in [-0.4, -0.2) is 48.5 Å². The van der Waals surface area contributed by atoms with E-state index in [4.69, 9.17) is 0 Å². The Morgan fingerprint density at radius 3 is 2.29 bits per heavy atom. The number of rotatable bonds is 5. The number of nitrogens with zero attached hydrogens (tertiary/aromatic N) is 1. The summed E-state index contributed by atoms with van der Waals surface area (Å²) in [4.78, 5) is 38.4. The summed E-state index contributed by atoms with van der Waals surface area (Å²) in [6, 6.07) is -0.798. The number of carbonyl (C=O) groups excluding carboxylic acids is 3. The standard InChI is InChI=1S/C17H32N4O3/c1-11(2)10-13(20-16(24)18-6)19-14(22)12-8-7-9-21(12)15(23)17(3,4)5/h11-13H,7-10H2,1-6H3,(H,19,22)(H2,18,20,24)/t12-,13+/m0/s1. The van der Waals surface area contributed by atoms with E-state index in [9.17, 15) is 14.4 Å². The highest BCUT2D eigenvalue weighted by Gasteiger charge is 2.39. The van der Waals surface area contributed by atoms with E-state index in [1.165, 1.54) is 7.05 Å². The van der Waals surface area contributed by atoms with Gasteiger partial charge in [0.2, 0.25) is 11.8 Å². The Morgan fingerprint density at radius 2 is 1.79 bits per heavy atom. The zero-order valence-electron chi connectivity index (χ0n) is 15.7. The summed E-state index contributed by atoms with van der Waals surface area (Å²) in [6.07, 6.45) is 1.64. The van der Waals surface area contributed by atoms with Gasteiger partial charge in [-0.3, -0.25) is 9.59 Å². The largest absolute Gasteiger partial charge is 0.341 e. The van der Waals surface area contributed by atoms with E-state index in [1.807, 2.05) is 34.6 Å². The van der Waals surface area contributed by atoms with Crippen LogP contribution in [0.1, 0.15) is 53.9 Å². The van der Waals surface area contributed by atoms with Crippen molar-refractivity contribution in [3.05, 3.63) is 0 Å². The van der Waals surface area contributed by atoms with Gasteiger partial charge < -0.3 is 20.9 Å². The molecule has 0 spiro atoms. The molecule has 1 heterocycles. The number of likely N-dealkylation sites (tertiary alicyclic amines) is 1. The second-order valence-corrected chi connectivity index (χ2v) is 7.82. The molecular formula is C17H32N4O3. The lowest BCUT2D eigenvalue weighted by atomic mass is 9.94. The highest BCUT2D eigenvalue weighted by atomic mass is 16.2.